The Morgan fingerprint density at radius 2 is 1.64 bits per heavy atom. The van der Waals surface area contributed by atoms with Gasteiger partial charge in [-0.15, -0.1) is 0 Å². The van der Waals surface area contributed by atoms with Gasteiger partial charge in [-0.1, -0.05) is 13.8 Å². The Hall–Kier alpha value is -0.670. The molecule has 0 spiro atoms. The summed E-state index contributed by atoms with van der Waals surface area (Å²) in [5.41, 5.74) is 0.181. The van der Waals surface area contributed by atoms with Crippen LogP contribution < -0.4 is 0 Å². The monoisotopic (exact) mass is 354 g/mol. The van der Waals surface area contributed by atoms with Gasteiger partial charge in [-0.25, -0.2) is 8.78 Å². The van der Waals surface area contributed by atoms with Crippen molar-refractivity contribution in [2.24, 2.45) is 34.5 Å². The van der Waals surface area contributed by atoms with Crippen molar-refractivity contribution in [3.05, 3.63) is 0 Å². The van der Waals surface area contributed by atoms with E-state index in [0.717, 1.165) is 38.5 Å². The number of ether oxygens (including phenoxy) is 1. The Morgan fingerprint density at radius 1 is 0.920 bits per heavy atom. The van der Waals surface area contributed by atoms with E-state index in [-0.39, 0.29) is 41.7 Å². The van der Waals surface area contributed by atoms with Crippen LogP contribution in [0.25, 0.3) is 0 Å². The molecule has 0 aromatic rings. The molecule has 4 heteroatoms. The molecule has 7 atom stereocenters. The van der Waals surface area contributed by atoms with E-state index in [1.165, 1.54) is 6.92 Å². The van der Waals surface area contributed by atoms with Crippen molar-refractivity contribution in [3.8, 4) is 0 Å². The summed E-state index contributed by atoms with van der Waals surface area (Å²) in [5.74, 6) is -0.625. The zero-order valence-electron chi connectivity index (χ0n) is 15.8. The third-order valence-corrected chi connectivity index (χ3v) is 8.86. The molecule has 0 radical (unpaired) electrons. The van der Waals surface area contributed by atoms with E-state index in [1.54, 1.807) is 0 Å². The molecule has 4 aliphatic rings. The van der Waals surface area contributed by atoms with Gasteiger partial charge in [-0.05, 0) is 74.0 Å². The number of esters is 1. The van der Waals surface area contributed by atoms with Crippen LogP contribution in [0.4, 0.5) is 8.78 Å². The topological polar surface area (TPSA) is 26.3 Å². The molecule has 0 aromatic carbocycles. The van der Waals surface area contributed by atoms with Gasteiger partial charge < -0.3 is 4.74 Å². The molecule has 0 saturated heterocycles. The van der Waals surface area contributed by atoms with Crippen LogP contribution in [0, 0.1) is 34.5 Å². The lowest BCUT2D eigenvalue weighted by molar-refractivity contribution is -0.174. The molecule has 0 unspecified atom stereocenters. The summed E-state index contributed by atoms with van der Waals surface area (Å²) < 4.78 is 33.6. The largest absolute Gasteiger partial charge is 0.462 e. The number of carbonyl (C=O) groups excluding carboxylic acids is 1. The summed E-state index contributed by atoms with van der Waals surface area (Å²) in [6.07, 6.45) is 7.26. The summed E-state index contributed by atoms with van der Waals surface area (Å²) in [4.78, 5) is 11.5. The van der Waals surface area contributed by atoms with Crippen molar-refractivity contribution in [1.82, 2.24) is 0 Å². The minimum absolute atomic E-state index is 0.0529. The highest BCUT2D eigenvalue weighted by Gasteiger charge is 2.62. The Bertz CT molecular complexity index is 562. The van der Waals surface area contributed by atoms with Crippen LogP contribution in [-0.4, -0.2) is 18.0 Å². The van der Waals surface area contributed by atoms with E-state index < -0.39 is 5.92 Å². The van der Waals surface area contributed by atoms with Crippen LogP contribution in [0.3, 0.4) is 0 Å². The lowest BCUT2D eigenvalue weighted by Gasteiger charge is -2.60. The number of alkyl halides is 2. The van der Waals surface area contributed by atoms with E-state index in [9.17, 15) is 13.6 Å². The first-order chi connectivity index (χ1) is 11.7. The van der Waals surface area contributed by atoms with E-state index in [2.05, 4.69) is 13.8 Å². The maximum Gasteiger partial charge on any atom is 0.302 e. The predicted octanol–water partition coefficient (Wildman–Crippen LogP) is 5.60. The fraction of sp³-hybridized carbons (Fsp3) is 0.952. The number of halogens is 2. The second-order valence-electron chi connectivity index (χ2n) is 9.94. The number of fused-ring (bicyclic) bond motifs is 5. The lowest BCUT2D eigenvalue weighted by atomic mass is 9.45. The fourth-order valence-corrected chi connectivity index (χ4v) is 7.52. The Kier molecular flexibility index (Phi) is 4.01. The molecule has 0 amide bonds. The zero-order valence-corrected chi connectivity index (χ0v) is 15.8. The summed E-state index contributed by atoms with van der Waals surface area (Å²) in [6, 6.07) is 0. The van der Waals surface area contributed by atoms with Crippen LogP contribution in [0.5, 0.6) is 0 Å². The average molecular weight is 354 g/mol. The molecule has 142 valence electrons. The normalized spacial score (nSPS) is 51.2. The maximum atomic E-state index is 14.0. The third-order valence-electron chi connectivity index (χ3n) is 8.86. The predicted molar refractivity (Wildman–Crippen MR) is 92.2 cm³/mol. The highest BCUT2D eigenvalue weighted by molar-refractivity contribution is 5.66. The van der Waals surface area contributed by atoms with E-state index >= 15 is 0 Å². The number of rotatable bonds is 1. The quantitative estimate of drug-likeness (QED) is 0.573. The smallest absolute Gasteiger partial charge is 0.302 e. The summed E-state index contributed by atoms with van der Waals surface area (Å²) in [6.45, 7) is 6.14. The van der Waals surface area contributed by atoms with Gasteiger partial charge in [0.05, 0.1) is 0 Å². The first-order valence-electron chi connectivity index (χ1n) is 10.2. The molecule has 0 N–H and O–H groups in total. The van der Waals surface area contributed by atoms with Crippen molar-refractivity contribution in [1.29, 1.82) is 0 Å². The summed E-state index contributed by atoms with van der Waals surface area (Å²) in [7, 11) is 0. The van der Waals surface area contributed by atoms with Gasteiger partial charge in [0.1, 0.15) is 6.10 Å². The van der Waals surface area contributed by atoms with Crippen molar-refractivity contribution < 1.29 is 18.3 Å². The molecule has 4 fully saturated rings. The lowest BCUT2D eigenvalue weighted by Crippen LogP contribution is -2.55. The third kappa shape index (κ3) is 2.65. The zero-order chi connectivity index (χ0) is 18.0. The first kappa shape index (κ1) is 17.7. The highest BCUT2D eigenvalue weighted by atomic mass is 19.3. The Labute approximate surface area is 150 Å². The highest BCUT2D eigenvalue weighted by Crippen LogP contribution is 2.67. The molecule has 4 saturated carbocycles. The Morgan fingerprint density at radius 3 is 2.36 bits per heavy atom. The van der Waals surface area contributed by atoms with Gasteiger partial charge in [0.2, 0.25) is 5.92 Å². The number of hydrogen-bond acceptors (Lipinski definition) is 2. The van der Waals surface area contributed by atoms with E-state index in [4.69, 9.17) is 4.74 Å². The fourth-order valence-electron chi connectivity index (χ4n) is 7.52. The summed E-state index contributed by atoms with van der Waals surface area (Å²) >= 11 is 0. The first-order valence-corrected chi connectivity index (χ1v) is 10.2. The number of hydrogen-bond donors (Lipinski definition) is 0. The van der Waals surface area contributed by atoms with Crippen LogP contribution in [0.15, 0.2) is 0 Å². The minimum Gasteiger partial charge on any atom is -0.462 e. The van der Waals surface area contributed by atoms with Gasteiger partial charge >= 0.3 is 5.97 Å². The van der Waals surface area contributed by atoms with Crippen LogP contribution in [0.1, 0.15) is 78.6 Å². The van der Waals surface area contributed by atoms with Crippen LogP contribution in [-0.2, 0) is 9.53 Å². The molecule has 4 rings (SSSR count). The van der Waals surface area contributed by atoms with Gasteiger partial charge in [0, 0.05) is 25.2 Å². The molecular formula is C21H32F2O2. The van der Waals surface area contributed by atoms with E-state index in [1.807, 2.05) is 0 Å². The van der Waals surface area contributed by atoms with Gasteiger partial charge in [-0.3, -0.25) is 4.79 Å². The standard InChI is InChI=1S/C21H32F2O2/c1-13(24)25-18-7-6-16-15-5-4-14-12-21(22,23)11-10-19(14,2)17(15)8-9-20(16,18)3/h14-18H,4-12H2,1-3H3/t14-,15-,16+,17-,18+,19-,20+/m0/s1. The van der Waals surface area contributed by atoms with Gasteiger partial charge in [0.25, 0.3) is 0 Å². The van der Waals surface area contributed by atoms with Gasteiger partial charge in [0.15, 0.2) is 0 Å². The van der Waals surface area contributed by atoms with Crippen LogP contribution in [0.2, 0.25) is 0 Å². The van der Waals surface area contributed by atoms with Crippen molar-refractivity contribution >= 4 is 5.97 Å². The molecule has 4 aliphatic carbocycles. The van der Waals surface area contributed by atoms with Gasteiger partial charge in [-0.2, -0.15) is 0 Å². The van der Waals surface area contributed by atoms with Crippen molar-refractivity contribution in [2.45, 2.75) is 90.6 Å². The Balaban J connectivity index is 1.57. The van der Waals surface area contributed by atoms with E-state index in [0.29, 0.717) is 24.2 Å². The second-order valence-corrected chi connectivity index (χ2v) is 9.94. The van der Waals surface area contributed by atoms with Crippen molar-refractivity contribution in [2.75, 3.05) is 0 Å². The maximum absolute atomic E-state index is 14.0. The molecule has 2 nitrogen and oxygen atoms in total. The minimum atomic E-state index is -2.45. The molecule has 0 bridgehead atoms. The molecule has 0 aliphatic heterocycles. The molecular weight excluding hydrogens is 322 g/mol. The summed E-state index contributed by atoms with van der Waals surface area (Å²) in [5, 5.41) is 0. The van der Waals surface area contributed by atoms with Crippen LogP contribution >= 0.6 is 0 Å². The SMILES string of the molecule is CC(=O)O[C@@H]1CC[C@@H]2[C@@H]3CC[C@H]4CC(F)(F)CC[C@]4(C)[C@H]3CC[C@]21C. The molecule has 0 heterocycles. The van der Waals surface area contributed by atoms with Crippen molar-refractivity contribution in [3.63, 3.8) is 0 Å². The average Bonchev–Trinajstić information content (AvgIpc) is 2.84. The molecule has 0 aromatic heterocycles. The number of carbonyl (C=O) groups is 1. The molecule has 25 heavy (non-hydrogen) atoms. The second kappa shape index (κ2) is 5.66.